The summed E-state index contributed by atoms with van der Waals surface area (Å²) >= 11 is 1.51. The van der Waals surface area contributed by atoms with E-state index in [4.69, 9.17) is 4.74 Å². The van der Waals surface area contributed by atoms with Crippen LogP contribution in [0.3, 0.4) is 0 Å². The second kappa shape index (κ2) is 5.88. The fourth-order valence-electron chi connectivity index (χ4n) is 1.25. The molecule has 1 atom stereocenters. The van der Waals surface area contributed by atoms with Gasteiger partial charge in [-0.05, 0) is 13.3 Å². The van der Waals surface area contributed by atoms with Crippen LogP contribution in [0.1, 0.15) is 25.1 Å². The van der Waals surface area contributed by atoms with Crippen LogP contribution in [0.2, 0.25) is 0 Å². The minimum atomic E-state index is -0.248. The third kappa shape index (κ3) is 3.20. The van der Waals surface area contributed by atoms with Crippen LogP contribution in [-0.2, 0) is 16.0 Å². The quantitative estimate of drug-likeness (QED) is 0.726. The molecule has 0 aliphatic rings. The summed E-state index contributed by atoms with van der Waals surface area (Å²) in [6, 6.07) is 0. The zero-order chi connectivity index (χ0) is 10.4. The maximum absolute atomic E-state index is 11.7. The van der Waals surface area contributed by atoms with Gasteiger partial charge in [-0.1, -0.05) is 6.92 Å². The average Bonchev–Trinajstić information content (AvgIpc) is 2.66. The lowest BCUT2D eigenvalue weighted by molar-refractivity contribution is -0.129. The van der Waals surface area contributed by atoms with E-state index in [-0.39, 0.29) is 11.9 Å². The van der Waals surface area contributed by atoms with Gasteiger partial charge >= 0.3 is 0 Å². The molecule has 0 aromatic carbocycles. The van der Waals surface area contributed by atoms with Gasteiger partial charge < -0.3 is 4.74 Å². The molecule has 1 aromatic heterocycles. The largest absolute Gasteiger partial charge is 0.371 e. The molecule has 14 heavy (non-hydrogen) atoms. The number of hydrogen-bond acceptors (Lipinski definition) is 4. The molecule has 1 heterocycles. The fourth-order valence-corrected chi connectivity index (χ4v) is 1.86. The third-order valence-electron chi connectivity index (χ3n) is 1.93. The van der Waals surface area contributed by atoms with Crippen LogP contribution >= 0.6 is 11.3 Å². The summed E-state index contributed by atoms with van der Waals surface area (Å²) in [7, 11) is 0. The van der Waals surface area contributed by atoms with Crippen molar-refractivity contribution in [2.45, 2.75) is 32.8 Å². The van der Waals surface area contributed by atoms with E-state index >= 15 is 0 Å². The smallest absolute Gasteiger partial charge is 0.166 e. The van der Waals surface area contributed by atoms with Crippen molar-refractivity contribution in [2.24, 2.45) is 0 Å². The summed E-state index contributed by atoms with van der Waals surface area (Å²) in [5, 5.41) is 0. The Hall–Kier alpha value is -0.740. The molecular weight excluding hydrogens is 198 g/mol. The number of hydrogen-bond donors (Lipinski definition) is 0. The predicted molar refractivity (Wildman–Crippen MR) is 56.5 cm³/mol. The van der Waals surface area contributed by atoms with Crippen LogP contribution in [0.15, 0.2) is 11.7 Å². The molecule has 1 aromatic rings. The summed E-state index contributed by atoms with van der Waals surface area (Å²) in [5.74, 6) is 0.151. The molecule has 0 aliphatic carbocycles. The zero-order valence-electron chi connectivity index (χ0n) is 8.53. The van der Waals surface area contributed by atoms with Crippen LogP contribution in [0.25, 0.3) is 0 Å². The van der Waals surface area contributed by atoms with E-state index in [2.05, 4.69) is 4.98 Å². The Labute approximate surface area is 88.1 Å². The summed E-state index contributed by atoms with van der Waals surface area (Å²) < 4.78 is 5.34. The van der Waals surface area contributed by atoms with E-state index in [9.17, 15) is 4.79 Å². The van der Waals surface area contributed by atoms with E-state index < -0.39 is 0 Å². The fraction of sp³-hybridized carbons (Fsp3) is 0.600. The Kier molecular flexibility index (Phi) is 4.76. The van der Waals surface area contributed by atoms with Crippen LogP contribution < -0.4 is 0 Å². The number of rotatable bonds is 6. The first-order chi connectivity index (χ1) is 6.77. The second-order valence-electron chi connectivity index (χ2n) is 2.96. The molecule has 0 saturated heterocycles. The Balaban J connectivity index is 2.47. The van der Waals surface area contributed by atoms with Crippen molar-refractivity contribution in [1.29, 1.82) is 0 Å². The molecule has 0 amide bonds. The van der Waals surface area contributed by atoms with E-state index in [0.29, 0.717) is 13.0 Å². The van der Waals surface area contributed by atoms with E-state index in [1.54, 1.807) is 11.7 Å². The van der Waals surface area contributed by atoms with E-state index in [1.165, 1.54) is 11.3 Å². The lowest BCUT2D eigenvalue weighted by Crippen LogP contribution is -2.24. The maximum Gasteiger partial charge on any atom is 0.166 e. The van der Waals surface area contributed by atoms with E-state index in [0.717, 1.165) is 11.3 Å². The second-order valence-corrected chi connectivity index (χ2v) is 3.93. The molecule has 0 N–H and O–H groups in total. The maximum atomic E-state index is 11.7. The van der Waals surface area contributed by atoms with Gasteiger partial charge in [0.15, 0.2) is 5.78 Å². The topological polar surface area (TPSA) is 39.2 Å². The highest BCUT2D eigenvalue weighted by Gasteiger charge is 2.16. The molecule has 0 fully saturated rings. The van der Waals surface area contributed by atoms with Gasteiger partial charge in [-0.15, -0.1) is 11.3 Å². The standard InChI is InChI=1S/C10H15NO2S/c1-3-10(13-4-2)9(12)5-8-6-11-7-14-8/h6-7,10H,3-5H2,1-2H3. The number of thiazole rings is 1. The summed E-state index contributed by atoms with van der Waals surface area (Å²) in [4.78, 5) is 16.6. The van der Waals surface area contributed by atoms with Gasteiger partial charge in [0.2, 0.25) is 0 Å². The number of carbonyl (C=O) groups is 1. The molecule has 78 valence electrons. The minimum Gasteiger partial charge on any atom is -0.371 e. The number of nitrogens with zero attached hydrogens (tertiary/aromatic N) is 1. The summed E-state index contributed by atoms with van der Waals surface area (Å²) in [6.07, 6.45) is 2.68. The molecule has 0 radical (unpaired) electrons. The Morgan fingerprint density at radius 2 is 2.43 bits per heavy atom. The number of ketones is 1. The van der Waals surface area contributed by atoms with E-state index in [1.807, 2.05) is 13.8 Å². The van der Waals surface area contributed by atoms with Crippen molar-refractivity contribution in [3.05, 3.63) is 16.6 Å². The highest BCUT2D eigenvalue weighted by Crippen LogP contribution is 2.10. The van der Waals surface area contributed by atoms with Gasteiger partial charge in [-0.2, -0.15) is 0 Å². The predicted octanol–water partition coefficient (Wildman–Crippen LogP) is 2.07. The van der Waals surface area contributed by atoms with Crippen LogP contribution in [-0.4, -0.2) is 23.5 Å². The van der Waals surface area contributed by atoms with Gasteiger partial charge in [-0.25, -0.2) is 0 Å². The number of Topliss-reactive ketones (excluding diaryl/α,β-unsaturated/α-hetero) is 1. The van der Waals surface area contributed by atoms with Gasteiger partial charge in [0, 0.05) is 24.1 Å². The van der Waals surface area contributed by atoms with Gasteiger partial charge in [-0.3, -0.25) is 9.78 Å². The summed E-state index contributed by atoms with van der Waals surface area (Å²) in [6.45, 7) is 4.46. The molecule has 1 rings (SSSR count). The Morgan fingerprint density at radius 3 is 2.93 bits per heavy atom. The lowest BCUT2D eigenvalue weighted by Gasteiger charge is -2.12. The van der Waals surface area contributed by atoms with Crippen molar-refractivity contribution in [2.75, 3.05) is 6.61 Å². The minimum absolute atomic E-state index is 0.151. The first-order valence-corrected chi connectivity index (χ1v) is 5.67. The Bertz CT molecular complexity index is 272. The van der Waals surface area contributed by atoms with Gasteiger partial charge in [0.25, 0.3) is 0 Å². The molecule has 4 heteroatoms. The van der Waals surface area contributed by atoms with Crippen molar-refractivity contribution in [3.8, 4) is 0 Å². The highest BCUT2D eigenvalue weighted by molar-refractivity contribution is 7.09. The highest BCUT2D eigenvalue weighted by atomic mass is 32.1. The van der Waals surface area contributed by atoms with Gasteiger partial charge in [0.1, 0.15) is 6.10 Å². The van der Waals surface area contributed by atoms with Crippen molar-refractivity contribution >= 4 is 17.1 Å². The first kappa shape index (κ1) is 11.3. The lowest BCUT2D eigenvalue weighted by atomic mass is 10.1. The number of aromatic nitrogens is 1. The normalized spacial score (nSPS) is 12.7. The molecule has 0 bridgehead atoms. The third-order valence-corrected chi connectivity index (χ3v) is 2.71. The molecule has 3 nitrogen and oxygen atoms in total. The Morgan fingerprint density at radius 1 is 1.64 bits per heavy atom. The number of carbonyl (C=O) groups excluding carboxylic acids is 1. The molecule has 0 saturated carbocycles. The molecule has 0 spiro atoms. The molecular formula is C10H15NO2S. The zero-order valence-corrected chi connectivity index (χ0v) is 9.34. The van der Waals surface area contributed by atoms with Crippen LogP contribution in [0.5, 0.6) is 0 Å². The SMILES string of the molecule is CCOC(CC)C(=O)Cc1cncs1. The average molecular weight is 213 g/mol. The monoisotopic (exact) mass is 213 g/mol. The van der Waals surface area contributed by atoms with Crippen LogP contribution in [0, 0.1) is 0 Å². The first-order valence-electron chi connectivity index (χ1n) is 4.79. The molecule has 1 unspecified atom stereocenters. The van der Waals surface area contributed by atoms with Crippen molar-refractivity contribution in [1.82, 2.24) is 4.98 Å². The number of ether oxygens (including phenoxy) is 1. The molecule has 0 aliphatic heterocycles. The van der Waals surface area contributed by atoms with Crippen molar-refractivity contribution < 1.29 is 9.53 Å². The van der Waals surface area contributed by atoms with Crippen LogP contribution in [0.4, 0.5) is 0 Å². The summed E-state index contributed by atoms with van der Waals surface area (Å²) in [5.41, 5.74) is 1.74. The van der Waals surface area contributed by atoms with Crippen molar-refractivity contribution in [3.63, 3.8) is 0 Å². The van der Waals surface area contributed by atoms with Gasteiger partial charge in [0.05, 0.1) is 5.51 Å².